The number of rotatable bonds is 3. The van der Waals surface area contributed by atoms with Crippen LogP contribution in [0.1, 0.15) is 37.8 Å². The fourth-order valence-electron chi connectivity index (χ4n) is 2.91. The summed E-state index contributed by atoms with van der Waals surface area (Å²) in [6.07, 6.45) is 2.59. The largest absolute Gasteiger partial charge is 0.389 e. The summed E-state index contributed by atoms with van der Waals surface area (Å²) < 4.78 is 0. The fraction of sp³-hybridized carbons (Fsp3) is 0.533. The fourth-order valence-corrected chi connectivity index (χ4v) is 3.14. The molecule has 0 aromatic heterocycles. The lowest BCUT2D eigenvalue weighted by Gasteiger charge is -2.30. The SMILES string of the molecule is Cc1cc(N2CCCC2C(C)C)ccc1C(N)=S. The third-order valence-corrected chi connectivity index (χ3v) is 4.10. The first-order valence-corrected chi connectivity index (χ1v) is 7.08. The smallest absolute Gasteiger partial charge is 0.104 e. The Labute approximate surface area is 115 Å². The van der Waals surface area contributed by atoms with Crippen molar-refractivity contribution in [3.05, 3.63) is 29.3 Å². The Balaban J connectivity index is 2.29. The second kappa shape index (κ2) is 5.27. The molecule has 0 saturated carbocycles. The van der Waals surface area contributed by atoms with Crippen molar-refractivity contribution in [1.29, 1.82) is 0 Å². The van der Waals surface area contributed by atoms with Crippen LogP contribution in [0, 0.1) is 12.8 Å². The quantitative estimate of drug-likeness (QED) is 0.848. The van der Waals surface area contributed by atoms with Gasteiger partial charge >= 0.3 is 0 Å². The normalized spacial score (nSPS) is 19.6. The maximum Gasteiger partial charge on any atom is 0.104 e. The van der Waals surface area contributed by atoms with Gasteiger partial charge in [0.25, 0.3) is 0 Å². The molecule has 2 rings (SSSR count). The van der Waals surface area contributed by atoms with Crippen LogP contribution in [0.5, 0.6) is 0 Å². The van der Waals surface area contributed by atoms with Gasteiger partial charge in [-0.1, -0.05) is 26.1 Å². The van der Waals surface area contributed by atoms with E-state index in [1.54, 1.807) is 0 Å². The first-order chi connectivity index (χ1) is 8.50. The summed E-state index contributed by atoms with van der Waals surface area (Å²) in [5, 5.41) is 0. The van der Waals surface area contributed by atoms with Gasteiger partial charge in [0, 0.05) is 23.8 Å². The van der Waals surface area contributed by atoms with Crippen LogP contribution in [0.3, 0.4) is 0 Å². The van der Waals surface area contributed by atoms with Crippen LogP contribution in [0.4, 0.5) is 5.69 Å². The van der Waals surface area contributed by atoms with Crippen molar-refractivity contribution in [2.24, 2.45) is 11.7 Å². The van der Waals surface area contributed by atoms with Crippen LogP contribution in [0.25, 0.3) is 0 Å². The Kier molecular flexibility index (Phi) is 3.91. The van der Waals surface area contributed by atoms with Crippen LogP contribution in [-0.2, 0) is 0 Å². The molecule has 1 heterocycles. The molecule has 1 aromatic carbocycles. The van der Waals surface area contributed by atoms with Crippen molar-refractivity contribution in [2.45, 2.75) is 39.7 Å². The van der Waals surface area contributed by atoms with Crippen LogP contribution >= 0.6 is 12.2 Å². The predicted octanol–water partition coefficient (Wildman–Crippen LogP) is 3.25. The van der Waals surface area contributed by atoms with Gasteiger partial charge in [0.05, 0.1) is 0 Å². The molecule has 1 saturated heterocycles. The van der Waals surface area contributed by atoms with Gasteiger partial charge in [-0.2, -0.15) is 0 Å². The maximum absolute atomic E-state index is 5.71. The molecule has 2 N–H and O–H groups in total. The van der Waals surface area contributed by atoms with Gasteiger partial charge in [-0.15, -0.1) is 0 Å². The minimum Gasteiger partial charge on any atom is -0.389 e. The van der Waals surface area contributed by atoms with E-state index in [0.29, 0.717) is 16.9 Å². The highest BCUT2D eigenvalue weighted by atomic mass is 32.1. The number of benzene rings is 1. The topological polar surface area (TPSA) is 29.3 Å². The Morgan fingerprint density at radius 3 is 2.72 bits per heavy atom. The van der Waals surface area contributed by atoms with E-state index in [1.165, 1.54) is 24.1 Å². The van der Waals surface area contributed by atoms with E-state index in [9.17, 15) is 0 Å². The van der Waals surface area contributed by atoms with E-state index in [0.717, 1.165) is 12.1 Å². The van der Waals surface area contributed by atoms with E-state index >= 15 is 0 Å². The predicted molar refractivity (Wildman–Crippen MR) is 82.3 cm³/mol. The average Bonchev–Trinajstić information content (AvgIpc) is 2.77. The Bertz CT molecular complexity index is 454. The summed E-state index contributed by atoms with van der Waals surface area (Å²) in [6.45, 7) is 7.85. The summed E-state index contributed by atoms with van der Waals surface area (Å²) in [7, 11) is 0. The average molecular weight is 262 g/mol. The lowest BCUT2D eigenvalue weighted by Crippen LogP contribution is -2.33. The highest BCUT2D eigenvalue weighted by Crippen LogP contribution is 2.30. The lowest BCUT2D eigenvalue weighted by atomic mass is 10.0. The number of aryl methyl sites for hydroxylation is 1. The van der Waals surface area contributed by atoms with Crippen molar-refractivity contribution in [3.63, 3.8) is 0 Å². The van der Waals surface area contributed by atoms with Gasteiger partial charge in [-0.25, -0.2) is 0 Å². The highest BCUT2D eigenvalue weighted by Gasteiger charge is 2.27. The van der Waals surface area contributed by atoms with Crippen molar-refractivity contribution < 1.29 is 0 Å². The second-order valence-electron chi connectivity index (χ2n) is 5.51. The van der Waals surface area contributed by atoms with Gasteiger partial charge in [0.1, 0.15) is 4.99 Å². The van der Waals surface area contributed by atoms with Gasteiger partial charge in [-0.3, -0.25) is 0 Å². The summed E-state index contributed by atoms with van der Waals surface area (Å²) in [5.74, 6) is 0.697. The molecule has 1 aromatic rings. The molecule has 98 valence electrons. The van der Waals surface area contributed by atoms with Crippen LogP contribution in [0.2, 0.25) is 0 Å². The van der Waals surface area contributed by atoms with Crippen molar-refractivity contribution in [1.82, 2.24) is 0 Å². The zero-order valence-electron chi connectivity index (χ0n) is 11.4. The Hall–Kier alpha value is -1.09. The second-order valence-corrected chi connectivity index (χ2v) is 5.95. The van der Waals surface area contributed by atoms with E-state index in [1.807, 2.05) is 0 Å². The van der Waals surface area contributed by atoms with Crippen LogP contribution in [0.15, 0.2) is 18.2 Å². The summed E-state index contributed by atoms with van der Waals surface area (Å²) in [4.78, 5) is 3.02. The molecule has 1 unspecified atom stereocenters. The zero-order valence-corrected chi connectivity index (χ0v) is 12.3. The molecule has 0 aliphatic carbocycles. The number of hydrogen-bond donors (Lipinski definition) is 1. The maximum atomic E-state index is 5.71. The standard InChI is InChI=1S/C15H22N2S/c1-10(2)14-5-4-8-17(14)12-6-7-13(15(16)18)11(3)9-12/h6-7,9-10,14H,4-5,8H2,1-3H3,(H2,16,18). The van der Waals surface area contributed by atoms with Crippen molar-refractivity contribution >= 4 is 22.9 Å². The highest BCUT2D eigenvalue weighted by molar-refractivity contribution is 7.80. The molecule has 1 atom stereocenters. The molecule has 3 heteroatoms. The van der Waals surface area contributed by atoms with Crippen LogP contribution in [-0.4, -0.2) is 17.6 Å². The monoisotopic (exact) mass is 262 g/mol. The molecule has 0 bridgehead atoms. The van der Waals surface area contributed by atoms with E-state index in [-0.39, 0.29) is 0 Å². The molecule has 1 fully saturated rings. The first-order valence-electron chi connectivity index (χ1n) is 6.68. The molecular formula is C15H22N2S. The third-order valence-electron chi connectivity index (χ3n) is 3.88. The van der Waals surface area contributed by atoms with Gasteiger partial charge < -0.3 is 10.6 Å². The third kappa shape index (κ3) is 2.51. The summed E-state index contributed by atoms with van der Waals surface area (Å²) in [5.41, 5.74) is 9.19. The molecule has 2 nitrogen and oxygen atoms in total. The Morgan fingerprint density at radius 1 is 1.44 bits per heavy atom. The van der Waals surface area contributed by atoms with Crippen molar-refractivity contribution in [2.75, 3.05) is 11.4 Å². The molecule has 0 amide bonds. The summed E-state index contributed by atoms with van der Waals surface area (Å²) in [6, 6.07) is 7.10. The lowest BCUT2D eigenvalue weighted by molar-refractivity contribution is 0.492. The van der Waals surface area contributed by atoms with Gasteiger partial charge in [0.2, 0.25) is 0 Å². The first kappa shape index (κ1) is 13.3. The van der Waals surface area contributed by atoms with E-state index < -0.39 is 0 Å². The number of nitrogens with zero attached hydrogens (tertiary/aromatic N) is 1. The van der Waals surface area contributed by atoms with E-state index in [4.69, 9.17) is 18.0 Å². The molecular weight excluding hydrogens is 240 g/mol. The van der Waals surface area contributed by atoms with Gasteiger partial charge in [0.15, 0.2) is 0 Å². The number of nitrogens with two attached hydrogens (primary N) is 1. The number of thiocarbonyl (C=S) groups is 1. The summed E-state index contributed by atoms with van der Waals surface area (Å²) >= 11 is 5.06. The van der Waals surface area contributed by atoms with Gasteiger partial charge in [-0.05, 0) is 49.4 Å². The molecule has 18 heavy (non-hydrogen) atoms. The number of anilines is 1. The molecule has 1 aliphatic rings. The Morgan fingerprint density at radius 2 is 2.17 bits per heavy atom. The van der Waals surface area contributed by atoms with Crippen molar-refractivity contribution in [3.8, 4) is 0 Å². The zero-order chi connectivity index (χ0) is 13.3. The van der Waals surface area contributed by atoms with Crippen LogP contribution < -0.4 is 10.6 Å². The number of hydrogen-bond acceptors (Lipinski definition) is 2. The molecule has 0 spiro atoms. The molecule has 1 aliphatic heterocycles. The minimum absolute atomic E-state index is 0.487. The minimum atomic E-state index is 0.487. The molecule has 0 radical (unpaired) electrons. The van der Waals surface area contributed by atoms with E-state index in [2.05, 4.69) is 43.9 Å².